The third-order valence-corrected chi connectivity index (χ3v) is 2.58. The summed E-state index contributed by atoms with van der Waals surface area (Å²) in [5, 5.41) is 7.41. The molecule has 1 unspecified atom stereocenters. The van der Waals surface area contributed by atoms with Gasteiger partial charge in [-0.1, -0.05) is 0 Å². The van der Waals surface area contributed by atoms with Crippen molar-refractivity contribution in [3.05, 3.63) is 18.1 Å². The molecule has 98 valence electrons. The number of nitrogens with one attached hydrogen (secondary N) is 1. The molecule has 0 aliphatic heterocycles. The second kappa shape index (κ2) is 5.74. The average Bonchev–Trinajstić information content (AvgIpc) is 2.77. The molecule has 2 aromatic heterocycles. The van der Waals surface area contributed by atoms with Gasteiger partial charge in [-0.05, 0) is 13.3 Å². The first-order valence-electron chi connectivity index (χ1n) is 5.86. The van der Waals surface area contributed by atoms with E-state index in [1.807, 2.05) is 13.0 Å². The normalized spacial score (nSPS) is 12.8. The van der Waals surface area contributed by atoms with Gasteiger partial charge in [0.1, 0.15) is 12.1 Å². The van der Waals surface area contributed by atoms with Gasteiger partial charge in [-0.15, -0.1) is 0 Å². The van der Waals surface area contributed by atoms with Crippen LogP contribution in [0.1, 0.15) is 12.1 Å². The van der Waals surface area contributed by atoms with Crippen LogP contribution < -0.4 is 11.1 Å². The average molecular weight is 250 g/mol. The maximum atomic E-state index is 5.86. The monoisotopic (exact) mass is 250 g/mol. The molecule has 18 heavy (non-hydrogen) atoms. The van der Waals surface area contributed by atoms with Gasteiger partial charge in [-0.3, -0.25) is 0 Å². The van der Waals surface area contributed by atoms with Gasteiger partial charge in [-0.25, -0.2) is 4.98 Å². The van der Waals surface area contributed by atoms with Crippen molar-refractivity contribution < 1.29 is 4.74 Å². The summed E-state index contributed by atoms with van der Waals surface area (Å²) in [5.74, 6) is 1.47. The SMILES string of the molecule is COCC(N)CCNc1cc(C)nc2ncnn12. The van der Waals surface area contributed by atoms with Crippen molar-refractivity contribution in [1.29, 1.82) is 0 Å². The molecule has 2 rings (SSSR count). The zero-order valence-corrected chi connectivity index (χ0v) is 10.6. The van der Waals surface area contributed by atoms with E-state index >= 15 is 0 Å². The molecule has 0 bridgehead atoms. The minimum Gasteiger partial charge on any atom is -0.383 e. The molecule has 0 fully saturated rings. The van der Waals surface area contributed by atoms with Crippen LogP contribution in [0.4, 0.5) is 5.82 Å². The fourth-order valence-electron chi connectivity index (χ4n) is 1.74. The van der Waals surface area contributed by atoms with Crippen LogP contribution >= 0.6 is 0 Å². The van der Waals surface area contributed by atoms with Crippen molar-refractivity contribution >= 4 is 11.6 Å². The molecule has 3 N–H and O–H groups in total. The predicted octanol–water partition coefficient (Wildman–Crippen LogP) is 0.208. The third-order valence-electron chi connectivity index (χ3n) is 2.58. The van der Waals surface area contributed by atoms with Crippen molar-refractivity contribution in [1.82, 2.24) is 19.6 Å². The second-order valence-electron chi connectivity index (χ2n) is 4.19. The van der Waals surface area contributed by atoms with Gasteiger partial charge in [0.2, 0.25) is 0 Å². The van der Waals surface area contributed by atoms with E-state index in [2.05, 4.69) is 20.4 Å². The van der Waals surface area contributed by atoms with Gasteiger partial charge >= 0.3 is 0 Å². The maximum Gasteiger partial charge on any atom is 0.254 e. The highest BCUT2D eigenvalue weighted by Crippen LogP contribution is 2.09. The first kappa shape index (κ1) is 12.7. The lowest BCUT2D eigenvalue weighted by atomic mass is 10.2. The molecule has 7 heteroatoms. The molecule has 0 aromatic carbocycles. The number of hydrogen-bond acceptors (Lipinski definition) is 6. The standard InChI is InChI=1S/C11H18N6O/c1-8-5-10(13-4-3-9(12)6-18-2)17-11(16-8)14-7-15-17/h5,7,9,13H,3-4,6,12H2,1-2H3. The zero-order valence-electron chi connectivity index (χ0n) is 10.6. The van der Waals surface area contributed by atoms with Crippen molar-refractivity contribution in [2.45, 2.75) is 19.4 Å². The summed E-state index contributed by atoms with van der Waals surface area (Å²) in [7, 11) is 1.65. The van der Waals surface area contributed by atoms with Gasteiger partial charge < -0.3 is 15.8 Å². The molecular formula is C11H18N6O. The van der Waals surface area contributed by atoms with E-state index in [0.29, 0.717) is 12.4 Å². The number of methoxy groups -OCH3 is 1. The van der Waals surface area contributed by atoms with Crippen LogP contribution in [-0.4, -0.2) is 45.9 Å². The van der Waals surface area contributed by atoms with Crippen LogP contribution in [0.3, 0.4) is 0 Å². The molecule has 0 saturated carbocycles. The van der Waals surface area contributed by atoms with Crippen LogP contribution in [0.15, 0.2) is 12.4 Å². The van der Waals surface area contributed by atoms with E-state index in [1.165, 1.54) is 6.33 Å². The van der Waals surface area contributed by atoms with E-state index in [0.717, 1.165) is 24.5 Å². The molecule has 0 aliphatic carbocycles. The highest BCUT2D eigenvalue weighted by Gasteiger charge is 2.06. The summed E-state index contributed by atoms with van der Waals surface area (Å²) in [4.78, 5) is 8.34. The molecule has 2 aromatic rings. The minimum absolute atomic E-state index is 0.0386. The molecule has 7 nitrogen and oxygen atoms in total. The Balaban J connectivity index is 2.00. The number of ether oxygens (including phenoxy) is 1. The molecule has 0 radical (unpaired) electrons. The number of rotatable bonds is 6. The summed E-state index contributed by atoms with van der Waals surface area (Å²) in [5.41, 5.74) is 6.76. The van der Waals surface area contributed by atoms with Crippen LogP contribution in [-0.2, 0) is 4.74 Å². The van der Waals surface area contributed by atoms with Gasteiger partial charge in [0.15, 0.2) is 0 Å². The predicted molar refractivity (Wildman–Crippen MR) is 68.5 cm³/mol. The maximum absolute atomic E-state index is 5.86. The highest BCUT2D eigenvalue weighted by molar-refractivity contribution is 5.44. The Morgan fingerprint density at radius 2 is 2.39 bits per heavy atom. The largest absolute Gasteiger partial charge is 0.383 e. The van der Waals surface area contributed by atoms with Crippen molar-refractivity contribution in [3.8, 4) is 0 Å². The minimum atomic E-state index is 0.0386. The first-order valence-corrected chi connectivity index (χ1v) is 5.86. The Morgan fingerprint density at radius 1 is 1.56 bits per heavy atom. The molecule has 0 amide bonds. The summed E-state index contributed by atoms with van der Waals surface area (Å²) in [6.45, 7) is 3.25. The number of anilines is 1. The molecule has 0 aliphatic rings. The van der Waals surface area contributed by atoms with Crippen molar-refractivity contribution in [2.24, 2.45) is 5.73 Å². The Kier molecular flexibility index (Phi) is 4.06. The number of fused-ring (bicyclic) bond motifs is 1. The lowest BCUT2D eigenvalue weighted by Gasteiger charge is -2.12. The lowest BCUT2D eigenvalue weighted by molar-refractivity contribution is 0.178. The number of nitrogens with two attached hydrogens (primary N) is 1. The number of aryl methyl sites for hydroxylation is 1. The summed E-state index contributed by atoms with van der Waals surface area (Å²) in [6.07, 6.45) is 2.31. The van der Waals surface area contributed by atoms with Crippen molar-refractivity contribution in [2.75, 3.05) is 25.6 Å². The Morgan fingerprint density at radius 3 is 3.17 bits per heavy atom. The van der Waals surface area contributed by atoms with Crippen LogP contribution in [0.2, 0.25) is 0 Å². The summed E-state index contributed by atoms with van der Waals surface area (Å²) >= 11 is 0. The molecular weight excluding hydrogens is 232 g/mol. The van der Waals surface area contributed by atoms with Gasteiger partial charge in [-0.2, -0.15) is 14.6 Å². The fourth-order valence-corrected chi connectivity index (χ4v) is 1.74. The Labute approximate surface area is 105 Å². The van der Waals surface area contributed by atoms with Crippen LogP contribution in [0.25, 0.3) is 5.78 Å². The second-order valence-corrected chi connectivity index (χ2v) is 4.19. The highest BCUT2D eigenvalue weighted by atomic mass is 16.5. The lowest BCUT2D eigenvalue weighted by Crippen LogP contribution is -2.28. The van der Waals surface area contributed by atoms with Crippen molar-refractivity contribution in [3.63, 3.8) is 0 Å². The van der Waals surface area contributed by atoms with Gasteiger partial charge in [0.05, 0.1) is 6.61 Å². The van der Waals surface area contributed by atoms with E-state index in [1.54, 1.807) is 11.6 Å². The topological polar surface area (TPSA) is 90.4 Å². The van der Waals surface area contributed by atoms with Gasteiger partial charge in [0.25, 0.3) is 5.78 Å². The van der Waals surface area contributed by atoms with E-state index in [4.69, 9.17) is 10.5 Å². The van der Waals surface area contributed by atoms with Crippen LogP contribution in [0, 0.1) is 6.92 Å². The summed E-state index contributed by atoms with van der Waals surface area (Å²) < 4.78 is 6.67. The first-order chi connectivity index (χ1) is 8.70. The number of hydrogen-bond donors (Lipinski definition) is 2. The number of nitrogens with zero attached hydrogens (tertiary/aromatic N) is 4. The molecule has 1 atom stereocenters. The van der Waals surface area contributed by atoms with E-state index < -0.39 is 0 Å². The third kappa shape index (κ3) is 2.93. The van der Waals surface area contributed by atoms with E-state index in [-0.39, 0.29) is 6.04 Å². The van der Waals surface area contributed by atoms with Crippen LogP contribution in [0.5, 0.6) is 0 Å². The van der Waals surface area contributed by atoms with Gasteiger partial charge in [0, 0.05) is 31.5 Å². The van der Waals surface area contributed by atoms with E-state index in [9.17, 15) is 0 Å². The fraction of sp³-hybridized carbons (Fsp3) is 0.545. The molecule has 0 spiro atoms. The smallest absolute Gasteiger partial charge is 0.254 e. The summed E-state index contributed by atoms with van der Waals surface area (Å²) in [6, 6.07) is 1.97. The Bertz CT molecular complexity index is 511. The quantitative estimate of drug-likeness (QED) is 0.761. The zero-order chi connectivity index (χ0) is 13.0. The Hall–Kier alpha value is -1.73. The number of aromatic nitrogens is 4. The molecule has 2 heterocycles. The molecule has 0 saturated heterocycles.